The second-order valence-corrected chi connectivity index (χ2v) is 59.5. The number of ether oxygens (including phenoxy) is 6. The van der Waals surface area contributed by atoms with Gasteiger partial charge in [0, 0.05) is 0 Å². The molecule has 1 heterocycles. The van der Waals surface area contributed by atoms with Crippen molar-refractivity contribution in [1.29, 1.82) is 0 Å². The first-order chi connectivity index (χ1) is 42.4. The molecule has 1 aliphatic rings. The molecule has 1 fully saturated rings. The van der Waals surface area contributed by atoms with Crippen molar-refractivity contribution in [3.8, 4) is 69.0 Å². The van der Waals surface area contributed by atoms with Gasteiger partial charge in [-0.25, -0.2) is 0 Å². The highest BCUT2D eigenvalue weighted by Crippen LogP contribution is 2.33. The molecule has 24 nitrogen and oxygen atoms in total. The molecule has 0 saturated carbocycles. The summed E-state index contributed by atoms with van der Waals surface area (Å²) in [4.78, 5) is 0. The highest BCUT2D eigenvalue weighted by molar-refractivity contribution is 6.85. The topological polar surface area (TPSA) is 288 Å². The van der Waals surface area contributed by atoms with Gasteiger partial charge in [-0.05, 0) is 151 Å². The van der Waals surface area contributed by atoms with Gasteiger partial charge < -0.3 is 108 Å². The fraction of sp³-hybridized carbons (Fsp3) is 0.333. The van der Waals surface area contributed by atoms with E-state index in [-0.39, 0.29) is 106 Å². The van der Waals surface area contributed by atoms with Gasteiger partial charge in [0.1, 0.15) is 37.4 Å². The average Bonchev–Trinajstić information content (AvgIpc) is 1.60. The molecule has 6 aromatic carbocycles. The quantitative estimate of drug-likeness (QED) is 0.0229. The molecule has 7 rings (SSSR count). The summed E-state index contributed by atoms with van der Waals surface area (Å²) in [5.41, 5.74) is 0. The molecule has 6 N–H and O–H groups in total. The Morgan fingerprint density at radius 3 is 0.478 bits per heavy atom. The third-order valence-corrected chi connectivity index (χ3v) is 42.1. The van der Waals surface area contributed by atoms with Crippen LogP contribution in [0.2, 0.25) is 78.6 Å². The molecule has 0 unspecified atom stereocenters. The van der Waals surface area contributed by atoms with E-state index in [4.69, 9.17) is 77.8 Å². The minimum atomic E-state index is -3.27. The Morgan fingerprint density at radius 2 is 0.356 bits per heavy atom. The van der Waals surface area contributed by atoms with E-state index in [9.17, 15) is 30.6 Å². The Labute approximate surface area is 542 Å². The smallest absolute Gasteiger partial charge is 0.504 e. The van der Waals surface area contributed by atoms with Crippen LogP contribution in [0.4, 0.5) is 0 Å². The molecule has 0 bridgehead atoms. The van der Waals surface area contributed by atoms with Crippen LogP contribution >= 0.6 is 0 Å². The van der Waals surface area contributed by atoms with Crippen LogP contribution in [0.15, 0.2) is 146 Å². The van der Waals surface area contributed by atoms with Crippen molar-refractivity contribution >= 4 is 107 Å². The van der Waals surface area contributed by atoms with Crippen molar-refractivity contribution in [1.82, 2.24) is 0 Å². The molecule has 0 spiro atoms. The van der Waals surface area contributed by atoms with E-state index in [1.807, 2.05) is 78.6 Å². The van der Waals surface area contributed by atoms with Gasteiger partial charge >= 0.3 is 57.2 Å². The van der Waals surface area contributed by atoms with E-state index < -0.39 is 107 Å². The van der Waals surface area contributed by atoms with Gasteiger partial charge in [0.15, 0.2) is 69.0 Å². The number of aromatic hydroxyl groups is 6. The number of phenolic OH excluding ortho intramolecular Hbond substituents is 6. The first kappa shape index (κ1) is 72.5. The summed E-state index contributed by atoms with van der Waals surface area (Å²) >= 11 is 0. The zero-order valence-corrected chi connectivity index (χ0v) is 64.1. The van der Waals surface area contributed by atoms with Gasteiger partial charge in [-0.3, -0.25) is 0 Å². The number of hydrogen-bond acceptors (Lipinski definition) is 24. The van der Waals surface area contributed by atoms with Crippen LogP contribution in [-0.4, -0.2) is 175 Å². The Morgan fingerprint density at radius 1 is 0.233 bits per heavy atom. The summed E-state index contributed by atoms with van der Waals surface area (Å²) in [7, 11) is -38.8. The van der Waals surface area contributed by atoms with Crippen LogP contribution < -0.4 is 28.4 Å². The highest BCUT2D eigenvalue weighted by Gasteiger charge is 2.53. The molecule has 1 aliphatic heterocycles. The monoisotopic (exact) mass is 1450 g/mol. The van der Waals surface area contributed by atoms with E-state index in [1.54, 1.807) is 109 Å². The lowest BCUT2D eigenvalue weighted by Gasteiger charge is -2.37. The highest BCUT2D eigenvalue weighted by atomic mass is 28.5. The molecular formula is C54H78O24Si12. The number of rotatable bonds is 30. The first-order valence-electron chi connectivity index (χ1n) is 28.3. The lowest BCUT2D eigenvalue weighted by Crippen LogP contribution is -2.61. The first-order valence-corrected chi connectivity index (χ1v) is 54.3. The summed E-state index contributed by atoms with van der Waals surface area (Å²) in [6.45, 7) is 22.4. The minimum absolute atomic E-state index is 0.0191. The Kier molecular flexibility index (Phi) is 26.4. The van der Waals surface area contributed by atoms with E-state index in [1.165, 1.54) is 36.4 Å². The van der Waals surface area contributed by atoms with Crippen molar-refractivity contribution < 1.29 is 108 Å². The number of benzene rings is 6. The molecule has 90 heavy (non-hydrogen) atoms. The van der Waals surface area contributed by atoms with E-state index >= 15 is 0 Å². The third-order valence-electron chi connectivity index (χ3n) is 11.8. The zero-order valence-electron chi connectivity index (χ0n) is 52.1. The van der Waals surface area contributed by atoms with Gasteiger partial charge in [0.25, 0.3) is 0 Å². The summed E-state index contributed by atoms with van der Waals surface area (Å²) in [6.07, 6.45) is -0.114. The Bertz CT molecular complexity index is 2660. The largest absolute Gasteiger partial charge is 0.550 e. The predicted molar refractivity (Wildman–Crippen MR) is 354 cm³/mol. The lowest BCUT2D eigenvalue weighted by atomic mass is 10.3. The fourth-order valence-electron chi connectivity index (χ4n) is 7.30. The van der Waals surface area contributed by atoms with Crippen molar-refractivity contribution in [3.63, 3.8) is 0 Å². The Balaban J connectivity index is 1.35. The maximum absolute atomic E-state index is 10.8. The predicted octanol–water partition coefficient (Wildman–Crippen LogP) is 9.28. The van der Waals surface area contributed by atoms with E-state index in [0.717, 1.165) is 0 Å². The second kappa shape index (κ2) is 32.7. The van der Waals surface area contributed by atoms with Gasteiger partial charge in [0.2, 0.25) is 49.9 Å². The van der Waals surface area contributed by atoms with Crippen LogP contribution in [0.25, 0.3) is 0 Å². The van der Waals surface area contributed by atoms with Crippen LogP contribution in [-0.2, 0) is 49.4 Å². The van der Waals surface area contributed by atoms with Crippen LogP contribution in [0.1, 0.15) is 0 Å². The van der Waals surface area contributed by atoms with Crippen LogP contribution in [0.3, 0.4) is 0 Å². The van der Waals surface area contributed by atoms with Gasteiger partial charge in [-0.2, -0.15) is 0 Å². The molecule has 6 aromatic rings. The number of para-hydroxylation sites is 12. The normalized spacial score (nSPS) is 15.6. The van der Waals surface area contributed by atoms with Crippen LogP contribution in [0, 0.1) is 0 Å². The number of hydrogen-bond donors (Lipinski definition) is 6. The minimum Gasteiger partial charge on any atom is -0.504 e. The number of phenols is 6. The zero-order chi connectivity index (χ0) is 65.3. The molecule has 0 atom stereocenters. The molecule has 0 aromatic heterocycles. The molecule has 0 aliphatic carbocycles. The molecule has 1 saturated heterocycles. The summed E-state index contributed by atoms with van der Waals surface area (Å²) in [5, 5.41) is 64.5. The second-order valence-electron chi connectivity index (χ2n) is 23.8. The SMILES string of the molecule is C[Si](C)(COc1ccccc1O)O[Si]1O[Si](O[Si](C)(C)COc2ccccc2O)O[Si](O[Si](C)(C)COc2ccccc2O)O[Si](O[Si](C)(C)COc2ccccc2O)O[Si](O[Si](C)(C)COc2ccccc2O)O[Si](O[Si](C)(C)COc2ccccc2O)O1. The summed E-state index contributed by atoms with van der Waals surface area (Å²) < 4.78 is 122. The van der Waals surface area contributed by atoms with Crippen molar-refractivity contribution in [3.05, 3.63) is 146 Å². The standard InChI is InChI=1S/C54H78O24Si12/c1-85(2,37-61-49-31-19-13-25-43(49)55)73-79-67-80(74-86(3,4)38-62-50-32-20-14-26-44(50)56)69-82(76-88(7,8)40-64-52-34-22-16-28-46(52)58)71-84(78-90(11,12)42-66-54-36-24-18-30-48(54)60)72-83(77-89(9,10)41-65-53-35-23-17-29-47(53)59)70-81(68-79)75-87(5,6)39-63-51-33-21-15-27-45(51)57/h13-36,55-60H,37-42H2,1-12H3. The molecule has 486 valence electrons. The summed E-state index contributed by atoms with van der Waals surface area (Å²) in [5.74, 6) is 0.839. The van der Waals surface area contributed by atoms with E-state index in [0.29, 0.717) is 0 Å². The molecule has 36 heteroatoms. The lowest BCUT2D eigenvalue weighted by molar-refractivity contribution is 0.138. The van der Waals surface area contributed by atoms with E-state index in [2.05, 4.69) is 0 Å². The Hall–Kier alpha value is -4.96. The van der Waals surface area contributed by atoms with Crippen LogP contribution in [0.5, 0.6) is 69.0 Å². The van der Waals surface area contributed by atoms with Crippen molar-refractivity contribution in [2.75, 3.05) is 37.4 Å². The molecule has 0 amide bonds. The average molecular weight is 1450 g/mol. The fourth-order valence-corrected chi connectivity index (χ4v) is 35.6. The van der Waals surface area contributed by atoms with Gasteiger partial charge in [-0.1, -0.05) is 72.8 Å². The third kappa shape index (κ3) is 24.5. The van der Waals surface area contributed by atoms with Crippen molar-refractivity contribution in [2.24, 2.45) is 0 Å². The summed E-state index contributed by atoms with van der Waals surface area (Å²) in [6, 6.07) is 39.3. The molecule has 6 radical (unpaired) electrons. The molecular weight excluding hydrogens is 1370 g/mol. The van der Waals surface area contributed by atoms with Gasteiger partial charge in [0.05, 0.1) is 0 Å². The van der Waals surface area contributed by atoms with Gasteiger partial charge in [-0.15, -0.1) is 0 Å². The maximum atomic E-state index is 10.8. The maximum Gasteiger partial charge on any atom is 0.550 e. The van der Waals surface area contributed by atoms with Crippen molar-refractivity contribution in [2.45, 2.75) is 78.6 Å².